The van der Waals surface area contributed by atoms with Crippen LogP contribution in [0.25, 0.3) is 0 Å². The Morgan fingerprint density at radius 2 is 0.644 bits per heavy atom. The van der Waals surface area contributed by atoms with Gasteiger partial charge in [0.05, 0.1) is 0 Å². The molecule has 1 unspecified atom stereocenters. The van der Waals surface area contributed by atoms with Gasteiger partial charge >= 0.3 is 17.9 Å². The monoisotopic (exact) mass is 835 g/mol. The molecule has 0 aromatic heterocycles. The van der Waals surface area contributed by atoms with Gasteiger partial charge in [0, 0.05) is 19.3 Å². The van der Waals surface area contributed by atoms with Gasteiger partial charge in [0.25, 0.3) is 0 Å². The topological polar surface area (TPSA) is 78.9 Å². The van der Waals surface area contributed by atoms with Crippen molar-refractivity contribution in [3.05, 3.63) is 0 Å². The van der Waals surface area contributed by atoms with Crippen molar-refractivity contribution in [1.82, 2.24) is 0 Å². The quantitative estimate of drug-likeness (QED) is 0.0345. The Balaban J connectivity index is 4.26. The summed E-state index contributed by atoms with van der Waals surface area (Å²) in [7, 11) is 0. The van der Waals surface area contributed by atoms with Crippen LogP contribution in [0.15, 0.2) is 0 Å². The second-order valence-corrected chi connectivity index (χ2v) is 18.9. The first kappa shape index (κ1) is 57.4. The number of carbonyl (C=O) groups is 3. The molecule has 0 rings (SSSR count). The summed E-state index contributed by atoms with van der Waals surface area (Å²) in [5.74, 6) is 0.806. The summed E-state index contributed by atoms with van der Waals surface area (Å²) in [5.41, 5.74) is 0. The molecular formula is C53H102O6. The molecule has 0 saturated carbocycles. The zero-order valence-corrected chi connectivity index (χ0v) is 40.4. The summed E-state index contributed by atoms with van der Waals surface area (Å²) in [6.07, 6.45) is 46.7. The van der Waals surface area contributed by atoms with E-state index >= 15 is 0 Å². The minimum Gasteiger partial charge on any atom is -0.462 e. The van der Waals surface area contributed by atoms with E-state index < -0.39 is 6.10 Å². The highest BCUT2D eigenvalue weighted by molar-refractivity contribution is 5.71. The lowest BCUT2D eigenvalue weighted by molar-refractivity contribution is -0.167. The van der Waals surface area contributed by atoms with Crippen LogP contribution in [0, 0.1) is 11.8 Å². The van der Waals surface area contributed by atoms with E-state index in [1.807, 2.05) is 0 Å². The third-order valence-electron chi connectivity index (χ3n) is 12.3. The van der Waals surface area contributed by atoms with Crippen LogP contribution in [-0.2, 0) is 28.6 Å². The van der Waals surface area contributed by atoms with E-state index in [9.17, 15) is 14.4 Å². The van der Waals surface area contributed by atoms with Crippen LogP contribution < -0.4 is 0 Å². The lowest BCUT2D eigenvalue weighted by Crippen LogP contribution is -2.30. The number of ether oxygens (including phenoxy) is 3. The minimum absolute atomic E-state index is 0.0643. The maximum absolute atomic E-state index is 12.8. The van der Waals surface area contributed by atoms with Crippen LogP contribution in [0.3, 0.4) is 0 Å². The van der Waals surface area contributed by atoms with Crippen molar-refractivity contribution in [2.45, 2.75) is 298 Å². The van der Waals surface area contributed by atoms with Crippen LogP contribution in [0.5, 0.6) is 0 Å². The van der Waals surface area contributed by atoms with E-state index in [2.05, 4.69) is 34.6 Å². The molecule has 0 fully saturated rings. The fourth-order valence-corrected chi connectivity index (χ4v) is 7.96. The van der Waals surface area contributed by atoms with Crippen molar-refractivity contribution in [2.24, 2.45) is 11.8 Å². The van der Waals surface area contributed by atoms with Crippen molar-refractivity contribution in [2.75, 3.05) is 13.2 Å². The lowest BCUT2D eigenvalue weighted by atomic mass is 9.99. The smallest absolute Gasteiger partial charge is 0.306 e. The average molecular weight is 835 g/mol. The van der Waals surface area contributed by atoms with Gasteiger partial charge in [0.2, 0.25) is 0 Å². The highest BCUT2D eigenvalue weighted by atomic mass is 16.6. The first-order valence-corrected chi connectivity index (χ1v) is 26.3. The third kappa shape index (κ3) is 45.8. The summed E-state index contributed by atoms with van der Waals surface area (Å²) < 4.78 is 16.8. The molecule has 0 aromatic carbocycles. The van der Waals surface area contributed by atoms with Gasteiger partial charge < -0.3 is 14.2 Å². The number of rotatable bonds is 47. The molecule has 6 heteroatoms. The van der Waals surface area contributed by atoms with E-state index in [1.54, 1.807) is 0 Å². The lowest BCUT2D eigenvalue weighted by Gasteiger charge is -2.18. The molecule has 0 aromatic rings. The van der Waals surface area contributed by atoms with Crippen LogP contribution in [0.4, 0.5) is 0 Å². The number of hydrogen-bond donors (Lipinski definition) is 0. The van der Waals surface area contributed by atoms with E-state index in [0.29, 0.717) is 19.3 Å². The normalized spacial score (nSPS) is 12.5. The maximum Gasteiger partial charge on any atom is 0.306 e. The zero-order chi connectivity index (χ0) is 43.3. The van der Waals surface area contributed by atoms with Gasteiger partial charge in [-0.3, -0.25) is 14.4 Å². The van der Waals surface area contributed by atoms with E-state index in [4.69, 9.17) is 14.2 Å². The van der Waals surface area contributed by atoms with Gasteiger partial charge in [-0.2, -0.15) is 0 Å². The van der Waals surface area contributed by atoms with Crippen molar-refractivity contribution < 1.29 is 28.6 Å². The van der Waals surface area contributed by atoms with Gasteiger partial charge in [-0.1, -0.05) is 253 Å². The Kier molecular flexibility index (Phi) is 44.7. The summed E-state index contributed by atoms with van der Waals surface area (Å²) in [4.78, 5) is 37.9. The Labute approximate surface area is 368 Å². The first-order valence-electron chi connectivity index (χ1n) is 26.3. The molecule has 0 aliphatic carbocycles. The van der Waals surface area contributed by atoms with Crippen molar-refractivity contribution in [1.29, 1.82) is 0 Å². The second kappa shape index (κ2) is 45.9. The molecule has 0 N–H and O–H groups in total. The van der Waals surface area contributed by atoms with Gasteiger partial charge in [-0.15, -0.1) is 0 Å². The van der Waals surface area contributed by atoms with Gasteiger partial charge in [0.1, 0.15) is 13.2 Å². The average Bonchev–Trinajstić information content (AvgIpc) is 3.22. The molecule has 0 aliphatic heterocycles. The molecule has 0 spiro atoms. The largest absolute Gasteiger partial charge is 0.462 e. The zero-order valence-electron chi connectivity index (χ0n) is 40.4. The fourth-order valence-electron chi connectivity index (χ4n) is 7.96. The van der Waals surface area contributed by atoms with Crippen molar-refractivity contribution in [3.8, 4) is 0 Å². The predicted octanol–water partition coefficient (Wildman–Crippen LogP) is 16.9. The van der Waals surface area contributed by atoms with E-state index in [1.165, 1.54) is 180 Å². The van der Waals surface area contributed by atoms with E-state index in [0.717, 1.165) is 69.6 Å². The molecule has 0 radical (unpaired) electrons. The standard InChI is InChI=1S/C53H102O6/c1-6-8-9-10-11-12-13-14-18-21-24-27-33-38-43-51(54)57-46-50(47-58-52(55)44-39-34-30-29-31-36-41-48(3)4)59-53(56)45-40-35-28-25-22-19-16-15-17-20-23-26-32-37-42-49(5)7-2/h48-50H,6-47H2,1-5H3/t49?,50-/m1/s1. The number of hydrogen-bond acceptors (Lipinski definition) is 6. The Hall–Kier alpha value is -1.59. The van der Waals surface area contributed by atoms with Crippen molar-refractivity contribution >= 4 is 17.9 Å². The first-order chi connectivity index (χ1) is 28.8. The Morgan fingerprint density at radius 3 is 0.966 bits per heavy atom. The molecule has 59 heavy (non-hydrogen) atoms. The Bertz CT molecular complexity index is 902. The SMILES string of the molecule is CCCCCCCCCCCCCCCCC(=O)OC[C@H](COC(=O)CCCCCCCCC(C)C)OC(=O)CCCCCCCCCCCCCCCCC(C)CC. The minimum atomic E-state index is -0.762. The molecule has 0 bridgehead atoms. The number of carbonyl (C=O) groups excluding carboxylic acids is 3. The van der Waals surface area contributed by atoms with Crippen LogP contribution in [-0.4, -0.2) is 37.2 Å². The van der Waals surface area contributed by atoms with Gasteiger partial charge in [-0.25, -0.2) is 0 Å². The fraction of sp³-hybridized carbons (Fsp3) is 0.943. The van der Waals surface area contributed by atoms with Crippen LogP contribution in [0.2, 0.25) is 0 Å². The van der Waals surface area contributed by atoms with Crippen LogP contribution in [0.1, 0.15) is 291 Å². The summed E-state index contributed by atoms with van der Waals surface area (Å²) in [5, 5.41) is 0. The number of unbranched alkanes of at least 4 members (excludes halogenated alkanes) is 31. The van der Waals surface area contributed by atoms with Crippen molar-refractivity contribution in [3.63, 3.8) is 0 Å². The number of esters is 3. The molecule has 2 atom stereocenters. The highest BCUT2D eigenvalue weighted by Gasteiger charge is 2.19. The van der Waals surface area contributed by atoms with Crippen LogP contribution >= 0.6 is 0 Å². The van der Waals surface area contributed by atoms with E-state index in [-0.39, 0.29) is 31.1 Å². The molecule has 0 saturated heterocycles. The molecule has 350 valence electrons. The maximum atomic E-state index is 12.8. The van der Waals surface area contributed by atoms with Gasteiger partial charge in [0.15, 0.2) is 6.10 Å². The molecule has 6 nitrogen and oxygen atoms in total. The summed E-state index contributed by atoms with van der Waals surface area (Å²) in [6, 6.07) is 0. The Morgan fingerprint density at radius 1 is 0.356 bits per heavy atom. The van der Waals surface area contributed by atoms with Gasteiger partial charge in [-0.05, 0) is 31.1 Å². The molecule has 0 amide bonds. The molecule has 0 heterocycles. The summed E-state index contributed by atoms with van der Waals surface area (Å²) >= 11 is 0. The highest BCUT2D eigenvalue weighted by Crippen LogP contribution is 2.18. The predicted molar refractivity (Wildman–Crippen MR) is 252 cm³/mol. The second-order valence-electron chi connectivity index (χ2n) is 18.9. The molecular weight excluding hydrogens is 733 g/mol. The summed E-state index contributed by atoms with van der Waals surface area (Å²) in [6.45, 7) is 11.4. The molecule has 0 aliphatic rings. The third-order valence-corrected chi connectivity index (χ3v) is 12.3.